The molecule has 0 saturated carbocycles. The van der Waals surface area contributed by atoms with Crippen molar-refractivity contribution in [2.24, 2.45) is 5.73 Å². The van der Waals surface area contributed by atoms with Gasteiger partial charge in [0, 0.05) is 5.75 Å². The maximum absolute atomic E-state index is 12.7. The maximum atomic E-state index is 12.7. The molecule has 31 heavy (non-hydrogen) atoms. The number of carbonyl (C=O) groups is 5. The maximum Gasteiger partial charge on any atom is 0.326 e. The van der Waals surface area contributed by atoms with Gasteiger partial charge in [0.1, 0.15) is 18.1 Å². The zero-order valence-corrected chi connectivity index (χ0v) is 19.9. The van der Waals surface area contributed by atoms with Gasteiger partial charge in [-0.3, -0.25) is 19.2 Å². The Balaban J connectivity index is 5.16. The summed E-state index contributed by atoms with van der Waals surface area (Å²) < 4.78 is 0. The largest absolute Gasteiger partial charge is 0.481 e. The molecule has 0 fully saturated rings. The van der Waals surface area contributed by atoms with Crippen LogP contribution in [0.25, 0.3) is 0 Å². The van der Waals surface area contributed by atoms with Crippen LogP contribution in [0.4, 0.5) is 0 Å². The van der Waals surface area contributed by atoms with E-state index in [9.17, 15) is 29.1 Å². The summed E-state index contributed by atoms with van der Waals surface area (Å²) in [6.45, 7) is 0. The van der Waals surface area contributed by atoms with Crippen molar-refractivity contribution in [2.45, 2.75) is 43.4 Å². The number of carboxylic acids is 2. The molecule has 0 aromatic rings. The zero-order valence-electron chi connectivity index (χ0n) is 17.3. The second-order valence-electron chi connectivity index (χ2n) is 6.47. The number of thiol groups is 1. The van der Waals surface area contributed by atoms with Crippen molar-refractivity contribution >= 4 is 65.8 Å². The van der Waals surface area contributed by atoms with Crippen LogP contribution in [0.5, 0.6) is 0 Å². The molecule has 0 aliphatic carbocycles. The van der Waals surface area contributed by atoms with Crippen LogP contribution in [0, 0.1) is 0 Å². The van der Waals surface area contributed by atoms with E-state index in [4.69, 9.17) is 10.8 Å². The van der Waals surface area contributed by atoms with E-state index in [-0.39, 0.29) is 18.6 Å². The summed E-state index contributed by atoms with van der Waals surface area (Å²) in [5.74, 6) is -3.73. The number of rotatable bonds is 16. The van der Waals surface area contributed by atoms with Crippen molar-refractivity contribution in [2.75, 3.05) is 29.8 Å². The Bertz CT molecular complexity index is 639. The van der Waals surface area contributed by atoms with E-state index in [2.05, 4.69) is 28.6 Å². The molecule has 7 N–H and O–H groups in total. The summed E-state index contributed by atoms with van der Waals surface area (Å²) in [5.41, 5.74) is 5.53. The molecule has 0 spiro atoms. The number of hydrogen-bond acceptors (Lipinski definition) is 9. The third-order valence-corrected chi connectivity index (χ3v) is 5.67. The molecule has 3 amide bonds. The molecule has 0 heterocycles. The highest BCUT2D eigenvalue weighted by atomic mass is 32.2. The highest BCUT2D eigenvalue weighted by molar-refractivity contribution is 7.98. The van der Waals surface area contributed by atoms with Crippen molar-refractivity contribution in [1.29, 1.82) is 0 Å². The van der Waals surface area contributed by atoms with Crippen molar-refractivity contribution in [3.63, 3.8) is 0 Å². The number of carboxylic acid groups (broad SMARTS) is 2. The number of nitrogens with two attached hydrogens (primary N) is 1. The van der Waals surface area contributed by atoms with Crippen LogP contribution < -0.4 is 21.7 Å². The predicted molar refractivity (Wildman–Crippen MR) is 124 cm³/mol. The molecule has 0 radical (unpaired) electrons. The summed E-state index contributed by atoms with van der Waals surface area (Å²) in [4.78, 5) is 59.3. The lowest BCUT2D eigenvalue weighted by Gasteiger charge is -2.24. The molecule has 178 valence electrons. The van der Waals surface area contributed by atoms with Crippen LogP contribution in [0.2, 0.25) is 0 Å². The fraction of sp³-hybridized carbons (Fsp3) is 0.706. The monoisotopic (exact) mass is 498 g/mol. The summed E-state index contributed by atoms with van der Waals surface area (Å²) in [6.07, 6.45) is 3.44. The molecule has 14 heteroatoms. The van der Waals surface area contributed by atoms with Crippen molar-refractivity contribution in [3.8, 4) is 0 Å². The number of carbonyl (C=O) groups excluding carboxylic acids is 3. The first kappa shape index (κ1) is 29.4. The number of thioether (sulfide) groups is 2. The Labute approximate surface area is 194 Å². The van der Waals surface area contributed by atoms with Gasteiger partial charge in [-0.1, -0.05) is 0 Å². The Morgan fingerprint density at radius 1 is 0.839 bits per heavy atom. The number of nitrogens with one attached hydrogen (secondary N) is 3. The van der Waals surface area contributed by atoms with E-state index in [1.165, 1.54) is 23.5 Å². The average Bonchev–Trinajstić information content (AvgIpc) is 2.70. The van der Waals surface area contributed by atoms with E-state index >= 15 is 0 Å². The molecule has 0 saturated heterocycles. The fourth-order valence-electron chi connectivity index (χ4n) is 2.30. The molecule has 0 aliphatic rings. The van der Waals surface area contributed by atoms with E-state index in [1.807, 2.05) is 6.26 Å². The van der Waals surface area contributed by atoms with Gasteiger partial charge in [-0.2, -0.15) is 36.2 Å². The molecular weight excluding hydrogens is 468 g/mol. The highest BCUT2D eigenvalue weighted by Gasteiger charge is 2.29. The average molecular weight is 499 g/mol. The molecular formula is C17H30N4O7S3. The Morgan fingerprint density at radius 3 is 1.74 bits per heavy atom. The molecule has 0 bridgehead atoms. The van der Waals surface area contributed by atoms with Crippen LogP contribution in [0.3, 0.4) is 0 Å². The van der Waals surface area contributed by atoms with Gasteiger partial charge in [0.25, 0.3) is 0 Å². The first-order chi connectivity index (χ1) is 14.6. The van der Waals surface area contributed by atoms with Gasteiger partial charge in [0.05, 0.1) is 12.5 Å². The van der Waals surface area contributed by atoms with Crippen molar-refractivity contribution < 1.29 is 34.2 Å². The smallest absolute Gasteiger partial charge is 0.326 e. The van der Waals surface area contributed by atoms with Gasteiger partial charge < -0.3 is 31.9 Å². The minimum Gasteiger partial charge on any atom is -0.481 e. The van der Waals surface area contributed by atoms with E-state index < -0.39 is 60.2 Å². The van der Waals surface area contributed by atoms with Gasteiger partial charge in [-0.05, 0) is 36.9 Å². The minimum atomic E-state index is -1.33. The Kier molecular flexibility index (Phi) is 15.2. The number of aliphatic carboxylic acids is 2. The Hall–Kier alpha value is -1.64. The minimum absolute atomic E-state index is 0.103. The highest BCUT2D eigenvalue weighted by Crippen LogP contribution is 2.05. The Morgan fingerprint density at radius 2 is 1.29 bits per heavy atom. The van der Waals surface area contributed by atoms with Crippen molar-refractivity contribution in [3.05, 3.63) is 0 Å². The first-order valence-electron chi connectivity index (χ1n) is 9.27. The first-order valence-corrected chi connectivity index (χ1v) is 12.7. The summed E-state index contributed by atoms with van der Waals surface area (Å²) >= 11 is 6.91. The molecule has 0 aromatic carbocycles. The zero-order chi connectivity index (χ0) is 24.0. The quantitative estimate of drug-likeness (QED) is 0.127. The summed E-state index contributed by atoms with van der Waals surface area (Å²) in [5, 5.41) is 25.2. The van der Waals surface area contributed by atoms with Gasteiger partial charge in [0.2, 0.25) is 17.7 Å². The second kappa shape index (κ2) is 16.1. The lowest BCUT2D eigenvalue weighted by atomic mass is 10.1. The lowest BCUT2D eigenvalue weighted by molar-refractivity contribution is -0.142. The molecule has 0 aliphatic heterocycles. The molecule has 0 rings (SSSR count). The van der Waals surface area contributed by atoms with Crippen LogP contribution in [0.1, 0.15) is 19.3 Å². The van der Waals surface area contributed by atoms with E-state index in [0.29, 0.717) is 11.5 Å². The topological polar surface area (TPSA) is 188 Å². The molecule has 0 aromatic heterocycles. The van der Waals surface area contributed by atoms with E-state index in [1.54, 1.807) is 6.26 Å². The summed E-state index contributed by atoms with van der Waals surface area (Å²) in [6, 6.07) is -4.63. The third kappa shape index (κ3) is 12.1. The lowest BCUT2D eigenvalue weighted by Crippen LogP contribution is -2.57. The normalized spacial score (nSPS) is 14.6. The third-order valence-electron chi connectivity index (χ3n) is 4.02. The molecule has 4 unspecified atom stereocenters. The standard InChI is InChI=1S/C17H30N4O7S3/c1-30-5-3-10(19-14(24)9(18)7-13(22)23)15(25)21-12(8-29)16(26)20-11(17(27)28)4-6-31-2/h9-12,29H,3-8,18H2,1-2H3,(H,19,24)(H,20,26)(H,21,25)(H,22,23)(H,27,28). The van der Waals surface area contributed by atoms with Crippen LogP contribution >= 0.6 is 36.2 Å². The SMILES string of the molecule is CSCCC(NC(=O)C(CS)NC(=O)C(CCSC)NC(=O)C(N)CC(=O)O)C(=O)O. The second-order valence-corrected chi connectivity index (χ2v) is 8.81. The van der Waals surface area contributed by atoms with Gasteiger partial charge in [-0.15, -0.1) is 0 Å². The van der Waals surface area contributed by atoms with Gasteiger partial charge >= 0.3 is 11.9 Å². The van der Waals surface area contributed by atoms with Crippen LogP contribution in [-0.2, 0) is 24.0 Å². The van der Waals surface area contributed by atoms with E-state index in [0.717, 1.165) is 0 Å². The van der Waals surface area contributed by atoms with Crippen LogP contribution in [-0.4, -0.2) is 93.8 Å². The predicted octanol–water partition coefficient (Wildman–Crippen LogP) is -1.24. The van der Waals surface area contributed by atoms with Crippen LogP contribution in [0.15, 0.2) is 0 Å². The van der Waals surface area contributed by atoms with Crippen molar-refractivity contribution in [1.82, 2.24) is 16.0 Å². The fourth-order valence-corrected chi connectivity index (χ4v) is 3.50. The van der Waals surface area contributed by atoms with Gasteiger partial charge in [0.15, 0.2) is 0 Å². The number of amides is 3. The number of hydrogen-bond donors (Lipinski definition) is 7. The summed E-state index contributed by atoms with van der Waals surface area (Å²) in [7, 11) is 0. The molecule has 11 nitrogen and oxygen atoms in total. The van der Waals surface area contributed by atoms with Gasteiger partial charge in [-0.25, -0.2) is 4.79 Å². The molecule has 4 atom stereocenters.